The van der Waals surface area contributed by atoms with Gasteiger partial charge in [-0.05, 0) is 50.0 Å². The number of amides is 1. The number of ether oxygens (including phenoxy) is 1. The van der Waals surface area contributed by atoms with Gasteiger partial charge in [0.15, 0.2) is 0 Å². The Morgan fingerprint density at radius 2 is 1.79 bits per heavy atom. The highest BCUT2D eigenvalue weighted by Crippen LogP contribution is 2.17. The first-order valence-corrected chi connectivity index (χ1v) is 8.24. The maximum Gasteiger partial charge on any atom is 0.471 e. The summed E-state index contributed by atoms with van der Waals surface area (Å²) in [5, 5.41) is 1.81. The van der Waals surface area contributed by atoms with Crippen LogP contribution in [0.1, 0.15) is 31.2 Å². The maximum atomic E-state index is 12.0. The Hall–Kier alpha value is -1.76. The molecule has 0 aliphatic carbocycles. The van der Waals surface area contributed by atoms with Crippen LogP contribution in [-0.4, -0.2) is 43.2 Å². The second kappa shape index (κ2) is 8.92. The first-order chi connectivity index (χ1) is 11.4. The SMILES string of the molecule is O=C(NCCCOc1ccc(CN2CCCCC2)cc1)C(F)(F)F. The number of benzene rings is 1. The first kappa shape index (κ1) is 18.6. The van der Waals surface area contributed by atoms with Gasteiger partial charge in [-0.3, -0.25) is 9.69 Å². The fourth-order valence-corrected chi connectivity index (χ4v) is 2.63. The zero-order valence-corrected chi connectivity index (χ0v) is 13.6. The highest BCUT2D eigenvalue weighted by atomic mass is 19.4. The van der Waals surface area contributed by atoms with Gasteiger partial charge >= 0.3 is 12.1 Å². The molecule has 1 saturated heterocycles. The molecule has 0 saturated carbocycles. The largest absolute Gasteiger partial charge is 0.494 e. The number of hydrogen-bond donors (Lipinski definition) is 1. The van der Waals surface area contributed by atoms with Crippen LogP contribution < -0.4 is 10.1 Å². The third-order valence-electron chi connectivity index (χ3n) is 3.91. The van der Waals surface area contributed by atoms with Crippen LogP contribution in [0.2, 0.25) is 0 Å². The highest BCUT2D eigenvalue weighted by Gasteiger charge is 2.38. The van der Waals surface area contributed by atoms with Crippen LogP contribution in [-0.2, 0) is 11.3 Å². The number of hydrogen-bond acceptors (Lipinski definition) is 3. The number of halogens is 3. The average molecular weight is 344 g/mol. The summed E-state index contributed by atoms with van der Waals surface area (Å²) in [5.41, 5.74) is 1.22. The van der Waals surface area contributed by atoms with E-state index in [0.29, 0.717) is 12.2 Å². The molecule has 1 aliphatic heterocycles. The number of piperidine rings is 1. The number of nitrogens with zero attached hydrogens (tertiary/aromatic N) is 1. The molecule has 1 amide bonds. The Labute approximate surface area is 140 Å². The normalized spacial score (nSPS) is 16.0. The summed E-state index contributed by atoms with van der Waals surface area (Å²) in [4.78, 5) is 13.1. The molecule has 1 aromatic carbocycles. The minimum absolute atomic E-state index is 0.0641. The van der Waals surface area contributed by atoms with Gasteiger partial charge in [-0.1, -0.05) is 18.6 Å². The van der Waals surface area contributed by atoms with Gasteiger partial charge in [0.2, 0.25) is 0 Å². The summed E-state index contributed by atoms with van der Waals surface area (Å²) in [5.74, 6) is -1.23. The van der Waals surface area contributed by atoms with Gasteiger partial charge in [0.1, 0.15) is 5.75 Å². The van der Waals surface area contributed by atoms with Gasteiger partial charge in [0.25, 0.3) is 0 Å². The minimum atomic E-state index is -4.83. The van der Waals surface area contributed by atoms with Crippen LogP contribution in [0.15, 0.2) is 24.3 Å². The zero-order chi connectivity index (χ0) is 17.4. The zero-order valence-electron chi connectivity index (χ0n) is 13.6. The molecule has 1 aromatic rings. The second-order valence-electron chi connectivity index (χ2n) is 5.94. The van der Waals surface area contributed by atoms with Gasteiger partial charge in [-0.15, -0.1) is 0 Å². The highest BCUT2D eigenvalue weighted by molar-refractivity contribution is 5.81. The molecule has 4 nitrogen and oxygen atoms in total. The van der Waals surface area contributed by atoms with E-state index in [1.54, 1.807) is 0 Å². The Bertz CT molecular complexity index is 512. The Balaban J connectivity index is 1.64. The lowest BCUT2D eigenvalue weighted by Gasteiger charge is -2.26. The van der Waals surface area contributed by atoms with Crippen LogP contribution in [0, 0.1) is 0 Å². The Morgan fingerprint density at radius 1 is 1.12 bits per heavy atom. The van der Waals surface area contributed by atoms with E-state index in [9.17, 15) is 18.0 Å². The second-order valence-corrected chi connectivity index (χ2v) is 5.94. The van der Waals surface area contributed by atoms with Crippen molar-refractivity contribution in [1.29, 1.82) is 0 Å². The summed E-state index contributed by atoms with van der Waals surface area (Å²) in [7, 11) is 0. The van der Waals surface area contributed by atoms with Crippen molar-refractivity contribution in [3.63, 3.8) is 0 Å². The third kappa shape index (κ3) is 6.39. The van der Waals surface area contributed by atoms with Crippen LogP contribution in [0.25, 0.3) is 0 Å². The van der Waals surface area contributed by atoms with E-state index in [0.717, 1.165) is 19.6 Å². The molecule has 0 atom stereocenters. The lowest BCUT2D eigenvalue weighted by molar-refractivity contribution is -0.173. The predicted molar refractivity (Wildman–Crippen MR) is 84.7 cm³/mol. The molecule has 0 radical (unpaired) electrons. The standard InChI is InChI=1S/C17H23F3N2O2/c18-17(19,20)16(23)21-9-4-12-24-15-7-5-14(6-8-15)13-22-10-2-1-3-11-22/h5-8H,1-4,9-13H2,(H,21,23). The number of likely N-dealkylation sites (tertiary alicyclic amines) is 1. The van der Waals surface area contributed by atoms with Gasteiger partial charge in [-0.25, -0.2) is 0 Å². The maximum absolute atomic E-state index is 12.0. The van der Waals surface area contributed by atoms with E-state index in [1.807, 2.05) is 29.6 Å². The Kier molecular flexibility index (Phi) is 6.90. The first-order valence-electron chi connectivity index (χ1n) is 8.24. The molecular formula is C17H23F3N2O2. The van der Waals surface area contributed by atoms with Gasteiger partial charge < -0.3 is 10.1 Å². The van der Waals surface area contributed by atoms with E-state index in [2.05, 4.69) is 4.90 Å². The smallest absolute Gasteiger partial charge is 0.471 e. The molecule has 0 unspecified atom stereocenters. The number of alkyl halides is 3. The molecule has 24 heavy (non-hydrogen) atoms. The lowest BCUT2D eigenvalue weighted by Crippen LogP contribution is -2.37. The molecule has 1 N–H and O–H groups in total. The summed E-state index contributed by atoms with van der Waals surface area (Å²) in [6, 6.07) is 7.76. The van der Waals surface area contributed by atoms with Gasteiger partial charge in [0.05, 0.1) is 6.61 Å². The molecule has 134 valence electrons. The number of carbonyl (C=O) groups excluding carboxylic acids is 1. The van der Waals surface area contributed by atoms with E-state index in [-0.39, 0.29) is 13.2 Å². The number of carbonyl (C=O) groups is 1. The summed E-state index contributed by atoms with van der Waals surface area (Å²) < 4.78 is 41.4. The van der Waals surface area contributed by atoms with E-state index >= 15 is 0 Å². The topological polar surface area (TPSA) is 41.6 Å². The molecule has 0 aromatic heterocycles. The van der Waals surface area contributed by atoms with E-state index in [4.69, 9.17) is 4.74 Å². The van der Waals surface area contributed by atoms with Crippen molar-refractivity contribution < 1.29 is 22.7 Å². The summed E-state index contributed by atoms with van der Waals surface area (Å²) >= 11 is 0. The average Bonchev–Trinajstić information content (AvgIpc) is 2.56. The van der Waals surface area contributed by atoms with Crippen molar-refractivity contribution >= 4 is 5.91 Å². The molecular weight excluding hydrogens is 321 g/mol. The molecule has 7 heteroatoms. The summed E-state index contributed by atoms with van der Waals surface area (Å²) in [6.07, 6.45) is -0.687. The fraction of sp³-hybridized carbons (Fsp3) is 0.588. The fourth-order valence-electron chi connectivity index (χ4n) is 2.63. The van der Waals surface area contributed by atoms with Gasteiger partial charge in [-0.2, -0.15) is 13.2 Å². The lowest BCUT2D eigenvalue weighted by atomic mass is 10.1. The Morgan fingerprint density at radius 3 is 2.42 bits per heavy atom. The van der Waals surface area contributed by atoms with E-state index < -0.39 is 12.1 Å². The van der Waals surface area contributed by atoms with Crippen LogP contribution in [0.5, 0.6) is 5.75 Å². The minimum Gasteiger partial charge on any atom is -0.494 e. The van der Waals surface area contributed by atoms with Crippen molar-refractivity contribution in [3.05, 3.63) is 29.8 Å². The van der Waals surface area contributed by atoms with Crippen LogP contribution >= 0.6 is 0 Å². The van der Waals surface area contributed by atoms with Crippen LogP contribution in [0.4, 0.5) is 13.2 Å². The number of rotatable bonds is 7. The van der Waals surface area contributed by atoms with Crippen molar-refractivity contribution in [2.45, 2.75) is 38.4 Å². The molecule has 1 fully saturated rings. The monoisotopic (exact) mass is 344 g/mol. The van der Waals surface area contributed by atoms with E-state index in [1.165, 1.54) is 24.8 Å². The summed E-state index contributed by atoms with van der Waals surface area (Å²) in [6.45, 7) is 3.41. The predicted octanol–water partition coefficient (Wildman–Crippen LogP) is 3.12. The third-order valence-corrected chi connectivity index (χ3v) is 3.91. The quantitative estimate of drug-likeness (QED) is 0.773. The van der Waals surface area contributed by atoms with Crippen LogP contribution in [0.3, 0.4) is 0 Å². The molecule has 2 rings (SSSR count). The molecule has 0 spiro atoms. The molecule has 0 bridgehead atoms. The van der Waals surface area contributed by atoms with Crippen molar-refractivity contribution in [2.24, 2.45) is 0 Å². The van der Waals surface area contributed by atoms with Crippen molar-refractivity contribution in [1.82, 2.24) is 10.2 Å². The van der Waals surface area contributed by atoms with Gasteiger partial charge in [0, 0.05) is 13.1 Å². The number of nitrogens with one attached hydrogen (secondary N) is 1. The molecule has 1 heterocycles. The van der Waals surface area contributed by atoms with Crippen molar-refractivity contribution in [2.75, 3.05) is 26.2 Å². The van der Waals surface area contributed by atoms with Crippen molar-refractivity contribution in [3.8, 4) is 5.75 Å². The molecule has 1 aliphatic rings.